The van der Waals surface area contributed by atoms with Crippen LogP contribution in [-0.2, 0) is 4.79 Å². The number of benzene rings is 1. The lowest BCUT2D eigenvalue weighted by molar-refractivity contribution is -0.118. The largest absolute Gasteiger partial charge is 0.272 e. The molecule has 1 heterocycles. The van der Waals surface area contributed by atoms with Gasteiger partial charge in [-0.25, -0.2) is 10.4 Å². The van der Waals surface area contributed by atoms with Crippen molar-refractivity contribution in [3.8, 4) is 0 Å². The van der Waals surface area contributed by atoms with Crippen molar-refractivity contribution in [3.63, 3.8) is 0 Å². The Labute approximate surface area is 137 Å². The van der Waals surface area contributed by atoms with Gasteiger partial charge in [-0.1, -0.05) is 36.0 Å². The number of amides is 1. The monoisotopic (exact) mass is 331 g/mol. The maximum Gasteiger partial charge on any atom is 0.250 e. The fourth-order valence-corrected chi connectivity index (χ4v) is 4.10. The van der Waals surface area contributed by atoms with E-state index in [1.54, 1.807) is 11.3 Å². The SMILES string of the molecule is O=C(CSc1nc2ccccc2s1)N/N=C\[C@H]1CC=CCC1. The van der Waals surface area contributed by atoms with E-state index in [4.69, 9.17) is 0 Å². The molecule has 0 saturated carbocycles. The smallest absolute Gasteiger partial charge is 0.250 e. The number of hydrogen-bond donors (Lipinski definition) is 1. The van der Waals surface area contributed by atoms with Crippen molar-refractivity contribution in [1.29, 1.82) is 0 Å². The molecule has 0 saturated heterocycles. The molecule has 1 aromatic heterocycles. The Morgan fingerprint density at radius 3 is 3.18 bits per heavy atom. The second-order valence-electron chi connectivity index (χ2n) is 5.09. The molecule has 0 radical (unpaired) electrons. The summed E-state index contributed by atoms with van der Waals surface area (Å²) < 4.78 is 2.06. The number of nitrogens with zero attached hydrogens (tertiary/aromatic N) is 2. The van der Waals surface area contributed by atoms with E-state index in [-0.39, 0.29) is 5.91 Å². The van der Waals surface area contributed by atoms with Crippen molar-refractivity contribution in [1.82, 2.24) is 10.4 Å². The van der Waals surface area contributed by atoms with E-state index < -0.39 is 0 Å². The van der Waals surface area contributed by atoms with E-state index >= 15 is 0 Å². The van der Waals surface area contributed by atoms with E-state index in [0.29, 0.717) is 11.7 Å². The Balaban J connectivity index is 1.45. The normalized spacial score (nSPS) is 18.1. The van der Waals surface area contributed by atoms with Crippen molar-refractivity contribution >= 4 is 45.4 Å². The minimum atomic E-state index is -0.0909. The molecule has 4 nitrogen and oxygen atoms in total. The summed E-state index contributed by atoms with van der Waals surface area (Å²) in [6.45, 7) is 0. The fraction of sp³-hybridized carbons (Fsp3) is 0.312. The lowest BCUT2D eigenvalue weighted by Gasteiger charge is -2.11. The number of allylic oxidation sites excluding steroid dienone is 2. The average Bonchev–Trinajstić information content (AvgIpc) is 2.97. The van der Waals surface area contributed by atoms with E-state index in [1.165, 1.54) is 11.8 Å². The van der Waals surface area contributed by atoms with Gasteiger partial charge in [-0.05, 0) is 37.3 Å². The maximum absolute atomic E-state index is 11.8. The van der Waals surface area contributed by atoms with Crippen molar-refractivity contribution in [3.05, 3.63) is 36.4 Å². The van der Waals surface area contributed by atoms with Gasteiger partial charge in [0.2, 0.25) is 5.91 Å². The van der Waals surface area contributed by atoms with Crippen LogP contribution in [0.25, 0.3) is 10.2 Å². The number of thiazole rings is 1. The average molecular weight is 331 g/mol. The minimum Gasteiger partial charge on any atom is -0.272 e. The first kappa shape index (κ1) is 15.2. The summed E-state index contributed by atoms with van der Waals surface area (Å²) in [5.74, 6) is 0.691. The highest BCUT2D eigenvalue weighted by Crippen LogP contribution is 2.28. The first-order valence-corrected chi connectivity index (χ1v) is 9.07. The van der Waals surface area contributed by atoms with Crippen LogP contribution in [0.5, 0.6) is 0 Å². The standard InChI is InChI=1S/C16H17N3OS2/c20-15(19-17-10-12-6-2-1-3-7-12)11-21-16-18-13-8-4-5-9-14(13)22-16/h1-2,4-5,8-10,12H,3,6-7,11H2,(H,19,20)/b17-10-/t12-/m0/s1. The zero-order valence-corrected chi connectivity index (χ0v) is 13.7. The van der Waals surface area contributed by atoms with E-state index in [2.05, 4.69) is 27.7 Å². The third-order valence-corrected chi connectivity index (χ3v) is 5.56. The van der Waals surface area contributed by atoms with Gasteiger partial charge >= 0.3 is 0 Å². The third-order valence-electron chi connectivity index (χ3n) is 3.39. The van der Waals surface area contributed by atoms with Crippen LogP contribution in [0.4, 0.5) is 0 Å². The predicted octanol–water partition coefficient (Wildman–Crippen LogP) is 3.85. The van der Waals surface area contributed by atoms with Crippen LogP contribution < -0.4 is 5.43 Å². The molecule has 6 heteroatoms. The molecular weight excluding hydrogens is 314 g/mol. The first-order valence-electron chi connectivity index (χ1n) is 7.26. The Kier molecular flexibility index (Phi) is 5.24. The van der Waals surface area contributed by atoms with Gasteiger partial charge < -0.3 is 0 Å². The molecule has 0 fully saturated rings. The Morgan fingerprint density at radius 1 is 1.45 bits per heavy atom. The molecule has 1 aliphatic carbocycles. The molecule has 1 atom stereocenters. The summed E-state index contributed by atoms with van der Waals surface area (Å²) in [5.41, 5.74) is 3.58. The highest BCUT2D eigenvalue weighted by molar-refractivity contribution is 8.01. The van der Waals surface area contributed by atoms with Gasteiger partial charge in [-0.2, -0.15) is 5.10 Å². The molecule has 0 spiro atoms. The van der Waals surface area contributed by atoms with E-state index in [9.17, 15) is 4.79 Å². The van der Waals surface area contributed by atoms with Crippen LogP contribution in [0, 0.1) is 5.92 Å². The lowest BCUT2D eigenvalue weighted by Crippen LogP contribution is -2.20. The number of carbonyl (C=O) groups excluding carboxylic acids is 1. The molecule has 22 heavy (non-hydrogen) atoms. The number of para-hydroxylation sites is 1. The molecule has 114 valence electrons. The molecule has 1 amide bonds. The summed E-state index contributed by atoms with van der Waals surface area (Å²) >= 11 is 3.06. The van der Waals surface area contributed by atoms with Crippen molar-refractivity contribution in [2.75, 3.05) is 5.75 Å². The minimum absolute atomic E-state index is 0.0909. The summed E-state index contributed by atoms with van der Waals surface area (Å²) in [6, 6.07) is 7.99. The number of hydrazone groups is 1. The molecule has 3 rings (SSSR count). The topological polar surface area (TPSA) is 54.4 Å². The lowest BCUT2D eigenvalue weighted by atomic mass is 9.96. The van der Waals surface area contributed by atoms with Crippen molar-refractivity contribution in [2.45, 2.75) is 23.6 Å². The second-order valence-corrected chi connectivity index (χ2v) is 7.35. The summed E-state index contributed by atoms with van der Waals surface area (Å²) in [7, 11) is 0. The summed E-state index contributed by atoms with van der Waals surface area (Å²) in [6.07, 6.45) is 9.43. The molecular formula is C16H17N3OS2. The van der Waals surface area contributed by atoms with Gasteiger partial charge in [0.25, 0.3) is 0 Å². The molecule has 0 aliphatic heterocycles. The van der Waals surface area contributed by atoms with Crippen molar-refractivity contribution in [2.24, 2.45) is 11.0 Å². The summed E-state index contributed by atoms with van der Waals surface area (Å²) in [4.78, 5) is 16.3. The highest BCUT2D eigenvalue weighted by Gasteiger charge is 2.08. The van der Waals surface area contributed by atoms with Crippen LogP contribution in [-0.4, -0.2) is 22.9 Å². The number of aromatic nitrogens is 1. The Hall–Kier alpha value is -1.66. The van der Waals surface area contributed by atoms with Gasteiger partial charge in [0.05, 0.1) is 16.0 Å². The zero-order chi connectivity index (χ0) is 15.2. The van der Waals surface area contributed by atoms with Crippen LogP contribution >= 0.6 is 23.1 Å². The van der Waals surface area contributed by atoms with Gasteiger partial charge in [0.1, 0.15) is 0 Å². The van der Waals surface area contributed by atoms with Gasteiger partial charge in [0.15, 0.2) is 4.34 Å². The molecule has 1 N–H and O–H groups in total. The number of rotatable bonds is 5. The van der Waals surface area contributed by atoms with Crippen molar-refractivity contribution < 1.29 is 4.79 Å². The van der Waals surface area contributed by atoms with Gasteiger partial charge in [-0.15, -0.1) is 11.3 Å². The van der Waals surface area contributed by atoms with E-state index in [0.717, 1.165) is 33.8 Å². The van der Waals surface area contributed by atoms with Crippen LogP contribution in [0.3, 0.4) is 0 Å². The molecule has 2 aromatic rings. The van der Waals surface area contributed by atoms with Crippen LogP contribution in [0.1, 0.15) is 19.3 Å². The number of fused-ring (bicyclic) bond motifs is 1. The zero-order valence-electron chi connectivity index (χ0n) is 12.1. The number of hydrogen-bond acceptors (Lipinski definition) is 5. The molecule has 1 aliphatic rings. The van der Waals surface area contributed by atoms with Crippen LogP contribution in [0.2, 0.25) is 0 Å². The predicted molar refractivity (Wildman–Crippen MR) is 93.5 cm³/mol. The van der Waals surface area contributed by atoms with Gasteiger partial charge in [-0.3, -0.25) is 4.79 Å². The number of thioether (sulfide) groups is 1. The molecule has 1 aromatic carbocycles. The van der Waals surface area contributed by atoms with E-state index in [1.807, 2.05) is 30.5 Å². The number of carbonyl (C=O) groups is 1. The van der Waals surface area contributed by atoms with Gasteiger partial charge in [0, 0.05) is 6.21 Å². The second kappa shape index (κ2) is 7.56. The maximum atomic E-state index is 11.8. The quantitative estimate of drug-likeness (QED) is 0.392. The molecule has 0 unspecified atom stereocenters. The molecule has 0 bridgehead atoms. The third kappa shape index (κ3) is 4.18. The summed E-state index contributed by atoms with van der Waals surface area (Å²) in [5, 5.41) is 4.06. The van der Waals surface area contributed by atoms with Crippen LogP contribution in [0.15, 0.2) is 45.9 Å². The fourth-order valence-electron chi connectivity index (χ4n) is 2.24. The Bertz CT molecular complexity index is 675. The highest BCUT2D eigenvalue weighted by atomic mass is 32.2. The number of nitrogens with one attached hydrogen (secondary N) is 1. The Morgan fingerprint density at radius 2 is 2.36 bits per heavy atom. The first-order chi connectivity index (χ1) is 10.8.